The summed E-state index contributed by atoms with van der Waals surface area (Å²) in [5.74, 6) is -1.10. The molecule has 0 fully saturated rings. The Kier molecular flexibility index (Phi) is 7.19. The van der Waals surface area contributed by atoms with E-state index in [1.807, 2.05) is 0 Å². The zero-order valence-electron chi connectivity index (χ0n) is 19.3. The van der Waals surface area contributed by atoms with Crippen LogP contribution < -0.4 is 24.3 Å². The summed E-state index contributed by atoms with van der Waals surface area (Å²) in [5, 5.41) is 22.2. The van der Waals surface area contributed by atoms with Crippen LogP contribution in [0.1, 0.15) is 48.7 Å². The minimum atomic E-state index is -1.11. The minimum absolute atomic E-state index is 0.0751. The number of Topliss-reactive ketones (excluding diaryl/α,β-unsaturated/α-hetero) is 1. The van der Waals surface area contributed by atoms with Crippen LogP contribution in [0, 0.1) is 0 Å². The highest BCUT2D eigenvalue weighted by Gasteiger charge is 2.35. The van der Waals surface area contributed by atoms with E-state index in [1.54, 1.807) is 32.0 Å². The number of aromatic hydroxyl groups is 1. The Labute approximate surface area is 196 Å². The van der Waals surface area contributed by atoms with Crippen LogP contribution in [0.15, 0.2) is 30.3 Å². The normalized spacial score (nSPS) is 14.9. The molecule has 2 aromatic carbocycles. The highest BCUT2D eigenvalue weighted by molar-refractivity contribution is 6.03. The first kappa shape index (κ1) is 24.7. The number of hydrogen-bond acceptors (Lipinski definition) is 8. The standard InChI is InChI=1S/C24H27NO9/c1-24(2)11-17(27)23-16(26)8-14(9-20(23)34-24)33-12-21(28)25-15(10-22(29)30)13-5-6-18(31-3)19(7-13)32-4/h5-9,15,26H,10-12H2,1-4H3,(H,25,28)(H,29,30). The fourth-order valence-corrected chi connectivity index (χ4v) is 3.71. The summed E-state index contributed by atoms with van der Waals surface area (Å²) in [6, 6.07) is 6.65. The van der Waals surface area contributed by atoms with E-state index in [-0.39, 0.29) is 41.4 Å². The van der Waals surface area contributed by atoms with E-state index in [9.17, 15) is 24.6 Å². The molecule has 0 aliphatic carbocycles. The molecule has 1 atom stereocenters. The molecule has 34 heavy (non-hydrogen) atoms. The van der Waals surface area contributed by atoms with Crippen molar-refractivity contribution in [2.24, 2.45) is 0 Å². The number of fused-ring (bicyclic) bond motifs is 1. The molecule has 3 rings (SSSR count). The number of methoxy groups -OCH3 is 2. The molecular weight excluding hydrogens is 446 g/mol. The predicted molar refractivity (Wildman–Crippen MR) is 120 cm³/mol. The van der Waals surface area contributed by atoms with Gasteiger partial charge in [-0.3, -0.25) is 14.4 Å². The van der Waals surface area contributed by atoms with Crippen LogP contribution in [0.2, 0.25) is 0 Å². The van der Waals surface area contributed by atoms with Gasteiger partial charge in [-0.15, -0.1) is 0 Å². The highest BCUT2D eigenvalue weighted by atomic mass is 16.5. The molecule has 1 aliphatic heterocycles. The molecule has 0 spiro atoms. The molecule has 0 radical (unpaired) electrons. The first-order valence-corrected chi connectivity index (χ1v) is 10.5. The molecule has 2 aromatic rings. The number of phenols is 1. The molecule has 0 bridgehead atoms. The second-order valence-corrected chi connectivity index (χ2v) is 8.40. The van der Waals surface area contributed by atoms with Gasteiger partial charge in [0, 0.05) is 12.1 Å². The van der Waals surface area contributed by atoms with Gasteiger partial charge in [-0.1, -0.05) is 6.07 Å². The SMILES string of the molecule is COc1ccc(C(CC(=O)O)NC(=O)COc2cc(O)c3c(c2)OC(C)(C)CC3=O)cc1OC. The number of ketones is 1. The number of ether oxygens (including phenoxy) is 4. The monoisotopic (exact) mass is 473 g/mol. The number of rotatable bonds is 9. The van der Waals surface area contributed by atoms with Crippen LogP contribution in [0.3, 0.4) is 0 Å². The highest BCUT2D eigenvalue weighted by Crippen LogP contribution is 2.41. The van der Waals surface area contributed by atoms with Gasteiger partial charge in [0.25, 0.3) is 5.91 Å². The molecular formula is C24H27NO9. The summed E-state index contributed by atoms with van der Waals surface area (Å²) in [6.45, 7) is 3.05. The maximum atomic E-state index is 12.6. The van der Waals surface area contributed by atoms with E-state index in [1.165, 1.54) is 26.4 Å². The maximum absolute atomic E-state index is 12.6. The van der Waals surface area contributed by atoms with Crippen molar-refractivity contribution in [2.45, 2.75) is 38.3 Å². The summed E-state index contributed by atoms with van der Waals surface area (Å²) in [6.07, 6.45) is -0.247. The molecule has 1 aliphatic rings. The topological polar surface area (TPSA) is 141 Å². The quantitative estimate of drug-likeness (QED) is 0.501. The van der Waals surface area contributed by atoms with Crippen LogP contribution in [0.25, 0.3) is 0 Å². The van der Waals surface area contributed by atoms with Crippen molar-refractivity contribution in [3.8, 4) is 28.7 Å². The van der Waals surface area contributed by atoms with E-state index in [0.29, 0.717) is 17.1 Å². The van der Waals surface area contributed by atoms with Crippen LogP contribution in [0.5, 0.6) is 28.7 Å². The lowest BCUT2D eigenvalue weighted by atomic mass is 9.92. The predicted octanol–water partition coefficient (Wildman–Crippen LogP) is 2.86. The van der Waals surface area contributed by atoms with Crippen LogP contribution >= 0.6 is 0 Å². The zero-order valence-corrected chi connectivity index (χ0v) is 19.3. The van der Waals surface area contributed by atoms with Gasteiger partial charge in [0.1, 0.15) is 28.4 Å². The number of aliphatic carboxylic acids is 1. The van der Waals surface area contributed by atoms with E-state index in [4.69, 9.17) is 18.9 Å². The number of nitrogens with one attached hydrogen (secondary N) is 1. The van der Waals surface area contributed by atoms with Gasteiger partial charge in [0.15, 0.2) is 23.9 Å². The second-order valence-electron chi connectivity index (χ2n) is 8.40. The average Bonchev–Trinajstić information content (AvgIpc) is 2.75. The third-order valence-electron chi connectivity index (χ3n) is 5.20. The van der Waals surface area contributed by atoms with Crippen molar-refractivity contribution in [1.82, 2.24) is 5.32 Å². The van der Waals surface area contributed by atoms with Gasteiger partial charge in [0.05, 0.1) is 33.1 Å². The van der Waals surface area contributed by atoms with Crippen LogP contribution in [-0.2, 0) is 9.59 Å². The van der Waals surface area contributed by atoms with Crippen molar-refractivity contribution in [2.75, 3.05) is 20.8 Å². The smallest absolute Gasteiger partial charge is 0.305 e. The van der Waals surface area contributed by atoms with Gasteiger partial charge in [-0.2, -0.15) is 0 Å². The van der Waals surface area contributed by atoms with Gasteiger partial charge < -0.3 is 34.5 Å². The van der Waals surface area contributed by atoms with Crippen molar-refractivity contribution in [3.05, 3.63) is 41.5 Å². The first-order chi connectivity index (χ1) is 16.0. The van der Waals surface area contributed by atoms with Crippen molar-refractivity contribution >= 4 is 17.7 Å². The van der Waals surface area contributed by atoms with E-state index in [2.05, 4.69) is 5.32 Å². The largest absolute Gasteiger partial charge is 0.507 e. The molecule has 1 amide bonds. The Morgan fingerprint density at radius 1 is 1.15 bits per heavy atom. The number of carbonyl (C=O) groups excluding carboxylic acids is 2. The number of benzene rings is 2. The Morgan fingerprint density at radius 3 is 2.50 bits per heavy atom. The number of phenolic OH excluding ortho intramolecular Hbond substituents is 1. The van der Waals surface area contributed by atoms with Gasteiger partial charge in [0.2, 0.25) is 0 Å². The van der Waals surface area contributed by atoms with Gasteiger partial charge in [-0.05, 0) is 31.5 Å². The van der Waals surface area contributed by atoms with Crippen molar-refractivity contribution in [1.29, 1.82) is 0 Å². The van der Waals surface area contributed by atoms with Crippen molar-refractivity contribution in [3.63, 3.8) is 0 Å². The molecule has 1 unspecified atom stereocenters. The molecule has 3 N–H and O–H groups in total. The summed E-state index contributed by atoms with van der Waals surface area (Å²) >= 11 is 0. The van der Waals surface area contributed by atoms with E-state index >= 15 is 0 Å². The van der Waals surface area contributed by atoms with Gasteiger partial charge >= 0.3 is 5.97 Å². The number of hydrogen-bond donors (Lipinski definition) is 3. The zero-order chi connectivity index (χ0) is 25.0. The van der Waals surface area contributed by atoms with Crippen molar-refractivity contribution < 1.29 is 43.5 Å². The third-order valence-corrected chi connectivity index (χ3v) is 5.20. The van der Waals surface area contributed by atoms with Crippen LogP contribution in [-0.4, -0.2) is 54.3 Å². The van der Waals surface area contributed by atoms with E-state index < -0.39 is 30.1 Å². The lowest BCUT2D eigenvalue weighted by Gasteiger charge is -2.32. The van der Waals surface area contributed by atoms with Crippen LogP contribution in [0.4, 0.5) is 0 Å². The first-order valence-electron chi connectivity index (χ1n) is 10.5. The number of carboxylic acids is 1. The second kappa shape index (κ2) is 9.90. The summed E-state index contributed by atoms with van der Waals surface area (Å²) in [7, 11) is 2.93. The minimum Gasteiger partial charge on any atom is -0.507 e. The molecule has 0 saturated carbocycles. The molecule has 0 saturated heterocycles. The lowest BCUT2D eigenvalue weighted by Crippen LogP contribution is -2.36. The summed E-state index contributed by atoms with van der Waals surface area (Å²) in [4.78, 5) is 36.2. The molecule has 10 heteroatoms. The Morgan fingerprint density at radius 2 is 1.85 bits per heavy atom. The lowest BCUT2D eigenvalue weighted by molar-refractivity contribution is -0.137. The number of amides is 1. The van der Waals surface area contributed by atoms with Gasteiger partial charge in [-0.25, -0.2) is 0 Å². The summed E-state index contributed by atoms with van der Waals surface area (Å²) in [5.41, 5.74) is -0.157. The fourth-order valence-electron chi connectivity index (χ4n) is 3.71. The third kappa shape index (κ3) is 5.69. The summed E-state index contributed by atoms with van der Waals surface area (Å²) < 4.78 is 21.7. The maximum Gasteiger partial charge on any atom is 0.305 e. The molecule has 1 heterocycles. The number of carbonyl (C=O) groups is 3. The Bertz CT molecular complexity index is 1110. The fraction of sp³-hybridized carbons (Fsp3) is 0.375. The number of carboxylic acid groups (broad SMARTS) is 1. The average molecular weight is 473 g/mol. The Hall–Kier alpha value is -3.95. The molecule has 0 aromatic heterocycles. The Balaban J connectivity index is 1.73. The molecule has 182 valence electrons. The van der Waals surface area contributed by atoms with E-state index in [0.717, 1.165) is 0 Å². The molecule has 10 nitrogen and oxygen atoms in total.